The summed E-state index contributed by atoms with van der Waals surface area (Å²) in [6, 6.07) is 0. The van der Waals surface area contributed by atoms with Gasteiger partial charge < -0.3 is 5.11 Å². The van der Waals surface area contributed by atoms with Gasteiger partial charge in [-0.05, 0) is 30.9 Å². The van der Waals surface area contributed by atoms with Crippen LogP contribution >= 0.6 is 12.6 Å². The second-order valence-corrected chi connectivity index (χ2v) is 2.70. The van der Waals surface area contributed by atoms with Gasteiger partial charge in [-0.2, -0.15) is 0 Å². The third-order valence-corrected chi connectivity index (χ3v) is 1.83. The van der Waals surface area contributed by atoms with Crippen LogP contribution < -0.4 is 0 Å². The van der Waals surface area contributed by atoms with Crippen LogP contribution in [-0.4, -0.2) is 10.7 Å². The molecule has 0 aliphatic heterocycles. The first kappa shape index (κ1) is 6.98. The quantitative estimate of drug-likeness (QED) is 0.384. The Morgan fingerprint density at radius 3 is 2.33 bits per heavy atom. The monoisotopic (exact) mass is 142 g/mol. The fourth-order valence-electron chi connectivity index (χ4n) is 1.19. The zero-order chi connectivity index (χ0) is 6.74. The number of hydrogen-bond donors (Lipinski definition) is 2. The van der Waals surface area contributed by atoms with E-state index in [9.17, 15) is 5.11 Å². The lowest BCUT2D eigenvalue weighted by molar-refractivity contribution is 0.110. The van der Waals surface area contributed by atoms with Crippen molar-refractivity contribution >= 4 is 12.6 Å². The van der Waals surface area contributed by atoms with Gasteiger partial charge in [-0.15, -0.1) is 0 Å². The lowest BCUT2D eigenvalue weighted by Crippen LogP contribution is -2.20. The average Bonchev–Trinajstić information content (AvgIpc) is 2.16. The molecule has 1 nitrogen and oxygen atoms in total. The van der Waals surface area contributed by atoms with Gasteiger partial charge in [0.1, 0.15) is 5.60 Å². The van der Waals surface area contributed by atoms with Crippen LogP contribution in [0.4, 0.5) is 0 Å². The summed E-state index contributed by atoms with van der Waals surface area (Å²) in [5, 5.41) is 11.9. The molecule has 1 rings (SSSR count). The van der Waals surface area contributed by atoms with Crippen molar-refractivity contribution in [1.29, 1.82) is 0 Å². The fourth-order valence-corrected chi connectivity index (χ4v) is 1.40. The molecule has 0 aromatic rings. The van der Waals surface area contributed by atoms with Crippen LogP contribution in [-0.2, 0) is 0 Å². The molecule has 2 heteroatoms. The SMILES string of the molecule is OC1(C#CS)CCCC1. The van der Waals surface area contributed by atoms with E-state index in [4.69, 9.17) is 0 Å². The summed E-state index contributed by atoms with van der Waals surface area (Å²) in [6.07, 6.45) is 3.83. The maximum absolute atomic E-state index is 9.47. The summed E-state index contributed by atoms with van der Waals surface area (Å²) in [7, 11) is 0. The first-order valence-corrected chi connectivity index (χ1v) is 3.60. The second-order valence-electron chi connectivity index (χ2n) is 2.48. The average molecular weight is 142 g/mol. The molecule has 1 N–H and O–H groups in total. The Kier molecular flexibility index (Phi) is 2.05. The van der Waals surface area contributed by atoms with Crippen LogP contribution in [0.15, 0.2) is 0 Å². The third-order valence-electron chi connectivity index (χ3n) is 1.72. The topological polar surface area (TPSA) is 20.2 Å². The summed E-state index contributed by atoms with van der Waals surface area (Å²) in [5.41, 5.74) is -0.693. The Hall–Kier alpha value is -0.130. The lowest BCUT2D eigenvalue weighted by atomic mass is 10.1. The van der Waals surface area contributed by atoms with Crippen molar-refractivity contribution < 1.29 is 5.11 Å². The Bertz CT molecular complexity index is 148. The number of thiol groups is 1. The van der Waals surface area contributed by atoms with E-state index in [-0.39, 0.29) is 0 Å². The smallest absolute Gasteiger partial charge is 0.126 e. The minimum Gasteiger partial charge on any atom is -0.378 e. The summed E-state index contributed by atoms with van der Waals surface area (Å²) >= 11 is 3.73. The van der Waals surface area contributed by atoms with Gasteiger partial charge in [-0.1, -0.05) is 18.5 Å². The van der Waals surface area contributed by atoms with Crippen molar-refractivity contribution in [3.05, 3.63) is 0 Å². The maximum atomic E-state index is 9.47. The molecule has 0 amide bonds. The molecule has 50 valence electrons. The molecule has 0 aromatic heterocycles. The summed E-state index contributed by atoms with van der Waals surface area (Å²) in [4.78, 5) is 0. The Morgan fingerprint density at radius 1 is 1.33 bits per heavy atom. The first-order chi connectivity index (χ1) is 4.27. The molecule has 0 atom stereocenters. The van der Waals surface area contributed by atoms with Gasteiger partial charge in [0, 0.05) is 0 Å². The van der Waals surface area contributed by atoms with Gasteiger partial charge in [0.2, 0.25) is 0 Å². The molecular weight excluding hydrogens is 132 g/mol. The minimum absolute atomic E-state index is 0.693. The van der Waals surface area contributed by atoms with E-state index < -0.39 is 5.60 Å². The van der Waals surface area contributed by atoms with E-state index in [0.29, 0.717) is 0 Å². The highest BCUT2D eigenvalue weighted by Gasteiger charge is 2.28. The van der Waals surface area contributed by atoms with E-state index >= 15 is 0 Å². The van der Waals surface area contributed by atoms with Gasteiger partial charge in [0.25, 0.3) is 0 Å². The molecule has 0 radical (unpaired) electrons. The molecule has 1 saturated carbocycles. The Labute approximate surface area is 60.9 Å². The highest BCUT2D eigenvalue weighted by Crippen LogP contribution is 2.28. The number of rotatable bonds is 0. The van der Waals surface area contributed by atoms with Gasteiger partial charge in [-0.3, -0.25) is 0 Å². The van der Waals surface area contributed by atoms with Crippen molar-refractivity contribution in [2.75, 3.05) is 0 Å². The van der Waals surface area contributed by atoms with Crippen molar-refractivity contribution in [1.82, 2.24) is 0 Å². The molecule has 1 aliphatic rings. The molecule has 0 unspecified atom stereocenters. The highest BCUT2D eigenvalue weighted by atomic mass is 32.1. The predicted molar refractivity (Wildman–Crippen MR) is 40.2 cm³/mol. The van der Waals surface area contributed by atoms with Crippen LogP contribution in [0.2, 0.25) is 0 Å². The van der Waals surface area contributed by atoms with Crippen LogP contribution in [0, 0.1) is 11.2 Å². The van der Waals surface area contributed by atoms with Crippen molar-refractivity contribution in [3.63, 3.8) is 0 Å². The van der Waals surface area contributed by atoms with Crippen molar-refractivity contribution in [3.8, 4) is 11.2 Å². The van der Waals surface area contributed by atoms with E-state index in [0.717, 1.165) is 25.7 Å². The van der Waals surface area contributed by atoms with Crippen LogP contribution in [0.1, 0.15) is 25.7 Å². The zero-order valence-electron chi connectivity index (χ0n) is 5.22. The van der Waals surface area contributed by atoms with Crippen molar-refractivity contribution in [2.24, 2.45) is 0 Å². The highest BCUT2D eigenvalue weighted by molar-refractivity contribution is 7.85. The van der Waals surface area contributed by atoms with Crippen LogP contribution in [0.25, 0.3) is 0 Å². The van der Waals surface area contributed by atoms with Crippen LogP contribution in [0.5, 0.6) is 0 Å². The van der Waals surface area contributed by atoms with E-state index in [1.807, 2.05) is 0 Å². The molecule has 0 bridgehead atoms. The normalized spacial score (nSPS) is 22.9. The van der Waals surface area contributed by atoms with E-state index in [1.165, 1.54) is 0 Å². The maximum Gasteiger partial charge on any atom is 0.126 e. The number of aliphatic hydroxyl groups is 1. The molecular formula is C7H10OS. The largest absolute Gasteiger partial charge is 0.378 e. The predicted octanol–water partition coefficient (Wildman–Crippen LogP) is 1.18. The molecule has 1 fully saturated rings. The lowest BCUT2D eigenvalue weighted by Gasteiger charge is -2.11. The summed E-state index contributed by atoms with van der Waals surface area (Å²) in [5.74, 6) is 2.69. The van der Waals surface area contributed by atoms with Gasteiger partial charge in [-0.25, -0.2) is 0 Å². The van der Waals surface area contributed by atoms with Gasteiger partial charge >= 0.3 is 0 Å². The molecule has 1 aliphatic carbocycles. The van der Waals surface area contributed by atoms with Crippen LogP contribution in [0.3, 0.4) is 0 Å². The first-order valence-electron chi connectivity index (χ1n) is 3.15. The molecule has 0 spiro atoms. The second kappa shape index (κ2) is 2.64. The number of hydrogen-bond acceptors (Lipinski definition) is 2. The molecule has 0 heterocycles. The van der Waals surface area contributed by atoms with Crippen molar-refractivity contribution in [2.45, 2.75) is 31.3 Å². The Balaban J connectivity index is 2.58. The third kappa shape index (κ3) is 1.64. The summed E-state index contributed by atoms with van der Waals surface area (Å²) in [6.45, 7) is 0. The standard InChI is InChI=1S/C7H10OS/c8-7(5-6-9)3-1-2-4-7/h8-9H,1-4H2. The minimum atomic E-state index is -0.693. The van der Waals surface area contributed by atoms with E-state index in [1.54, 1.807) is 0 Å². The van der Waals surface area contributed by atoms with E-state index in [2.05, 4.69) is 23.8 Å². The molecule has 0 aromatic carbocycles. The summed E-state index contributed by atoms with van der Waals surface area (Å²) < 4.78 is 0. The zero-order valence-corrected chi connectivity index (χ0v) is 6.12. The van der Waals surface area contributed by atoms with Gasteiger partial charge in [0.05, 0.1) is 0 Å². The molecule has 0 saturated heterocycles. The fraction of sp³-hybridized carbons (Fsp3) is 0.714. The molecule has 9 heavy (non-hydrogen) atoms. The van der Waals surface area contributed by atoms with Gasteiger partial charge in [0.15, 0.2) is 0 Å². The Morgan fingerprint density at radius 2 is 1.89 bits per heavy atom.